The molecule has 2 saturated carbocycles. The number of aromatic nitrogens is 1. The number of nitrogens with two attached hydrogens (primary N) is 1. The van der Waals surface area contributed by atoms with Gasteiger partial charge in [-0.25, -0.2) is 4.98 Å². The Morgan fingerprint density at radius 2 is 1.69 bits per heavy atom. The number of rotatable bonds is 12. The van der Waals surface area contributed by atoms with Gasteiger partial charge in [-0.15, -0.1) is 0 Å². The van der Waals surface area contributed by atoms with Crippen molar-refractivity contribution in [3.63, 3.8) is 0 Å². The number of hydrogen-bond donors (Lipinski definition) is 3. The van der Waals surface area contributed by atoms with Crippen LogP contribution in [0.25, 0.3) is 0 Å². The van der Waals surface area contributed by atoms with Gasteiger partial charge in [0.25, 0.3) is 0 Å². The minimum Gasteiger partial charge on any atom is -0.494 e. The third-order valence-corrected chi connectivity index (χ3v) is 6.62. The SMILES string of the molecule is CC.CC.CCC(C)O/C(C)=C/N.CCCC(C)C.CCCOC.OCCOC1(C#Cc2ccc(CC3CC(O)C3)cn2)CC1. The van der Waals surface area contributed by atoms with Crippen molar-refractivity contribution in [2.75, 3.05) is 26.9 Å². The summed E-state index contributed by atoms with van der Waals surface area (Å²) >= 11 is 0. The van der Waals surface area contributed by atoms with Gasteiger partial charge < -0.3 is 30.2 Å². The van der Waals surface area contributed by atoms with E-state index < -0.39 is 0 Å². The number of ether oxygens (including phenoxy) is 3. The summed E-state index contributed by atoms with van der Waals surface area (Å²) in [5.41, 5.74) is 6.81. The zero-order valence-electron chi connectivity index (χ0n) is 31.2. The van der Waals surface area contributed by atoms with E-state index in [0.29, 0.717) is 12.5 Å². The molecule has 1 unspecified atom stereocenters. The summed E-state index contributed by atoms with van der Waals surface area (Å²) in [6.45, 7) is 24.0. The summed E-state index contributed by atoms with van der Waals surface area (Å²) < 4.78 is 15.5. The van der Waals surface area contributed by atoms with Crippen LogP contribution in [0.2, 0.25) is 0 Å². The Hall–Kier alpha value is -2.11. The molecule has 7 nitrogen and oxygen atoms in total. The van der Waals surface area contributed by atoms with E-state index in [1.54, 1.807) is 7.11 Å². The summed E-state index contributed by atoms with van der Waals surface area (Å²) in [6.07, 6.45) is 13.1. The zero-order chi connectivity index (χ0) is 35.1. The molecule has 1 aromatic rings. The number of nitrogens with zero attached hydrogens (tertiary/aromatic N) is 1. The Kier molecular flexibility index (Phi) is 33.5. The molecule has 3 rings (SSSR count). The lowest BCUT2D eigenvalue weighted by Crippen LogP contribution is -2.29. The Balaban J connectivity index is -0.000000611. The highest BCUT2D eigenvalue weighted by molar-refractivity contribution is 5.34. The van der Waals surface area contributed by atoms with E-state index in [-0.39, 0.29) is 24.4 Å². The van der Waals surface area contributed by atoms with Crippen molar-refractivity contribution in [1.29, 1.82) is 0 Å². The van der Waals surface area contributed by atoms with Gasteiger partial charge in [0, 0.05) is 26.1 Å². The van der Waals surface area contributed by atoms with Crippen molar-refractivity contribution in [2.45, 2.75) is 152 Å². The van der Waals surface area contributed by atoms with Crippen LogP contribution < -0.4 is 5.73 Å². The van der Waals surface area contributed by atoms with Crippen LogP contribution in [-0.4, -0.2) is 59.9 Å². The molecule has 1 heterocycles. The standard InChI is InChI=1S/C17H21NO3.C7H15NO.C6H14.C4H10O.2C2H6/c19-7-8-21-17(5-6-17)4-3-15-2-1-13(12-18-15)9-14-10-16(20)11-14;1-4-6(2)9-7(3)5-8;1-4-5-6(2)3;1-3-4-5-2;2*1-2/h1-2,12,14,16,19-20H,5-11H2;5-6H,4,8H2,1-3H3;6H,4-5H2,1-3H3;3-4H2,1-2H3;2*1-2H3/b;7-5+;;;;. The fourth-order valence-corrected chi connectivity index (χ4v) is 3.88. The highest BCUT2D eigenvalue weighted by atomic mass is 16.5. The van der Waals surface area contributed by atoms with E-state index in [9.17, 15) is 5.11 Å². The molecule has 0 aromatic carbocycles. The molecule has 7 heteroatoms. The molecule has 264 valence electrons. The minimum absolute atomic E-state index is 0.0340. The summed E-state index contributed by atoms with van der Waals surface area (Å²) in [5.74, 6) is 8.49. The van der Waals surface area contributed by atoms with Crippen LogP contribution in [0.15, 0.2) is 30.3 Å². The third-order valence-electron chi connectivity index (χ3n) is 6.62. The Morgan fingerprint density at radius 3 is 2.02 bits per heavy atom. The number of hydrogen-bond acceptors (Lipinski definition) is 7. The summed E-state index contributed by atoms with van der Waals surface area (Å²) in [5, 5.41) is 18.1. The van der Waals surface area contributed by atoms with Crippen molar-refractivity contribution in [3.8, 4) is 11.8 Å². The van der Waals surface area contributed by atoms with E-state index in [0.717, 1.165) is 68.9 Å². The lowest BCUT2D eigenvalue weighted by Gasteiger charge is -2.31. The molecule has 1 aromatic heterocycles. The van der Waals surface area contributed by atoms with E-state index in [1.165, 1.54) is 24.6 Å². The van der Waals surface area contributed by atoms with Crippen molar-refractivity contribution in [1.82, 2.24) is 4.98 Å². The second kappa shape index (κ2) is 31.9. The maximum atomic E-state index is 9.29. The normalized spacial score (nSPS) is 17.5. The van der Waals surface area contributed by atoms with Gasteiger partial charge in [0.2, 0.25) is 0 Å². The molecule has 2 aliphatic rings. The second-order valence-corrected chi connectivity index (χ2v) is 11.4. The Bertz CT molecular complexity index is 849. The van der Waals surface area contributed by atoms with Gasteiger partial charge in [0.1, 0.15) is 17.1 Å². The average molecular weight is 637 g/mol. The van der Waals surface area contributed by atoms with Gasteiger partial charge in [0.15, 0.2) is 0 Å². The lowest BCUT2D eigenvalue weighted by atomic mass is 9.79. The zero-order valence-corrected chi connectivity index (χ0v) is 31.2. The topological polar surface area (TPSA) is 107 Å². The van der Waals surface area contributed by atoms with Crippen molar-refractivity contribution < 1.29 is 24.4 Å². The highest BCUT2D eigenvalue weighted by Crippen LogP contribution is 2.38. The van der Waals surface area contributed by atoms with E-state index in [1.807, 2.05) is 53.8 Å². The Morgan fingerprint density at radius 1 is 1.07 bits per heavy atom. The smallest absolute Gasteiger partial charge is 0.129 e. The molecule has 0 saturated heterocycles. The molecule has 2 fully saturated rings. The molecule has 2 aliphatic carbocycles. The van der Waals surface area contributed by atoms with Crippen LogP contribution in [0.4, 0.5) is 0 Å². The first-order chi connectivity index (χ1) is 21.6. The summed E-state index contributed by atoms with van der Waals surface area (Å²) in [4.78, 5) is 4.38. The second-order valence-electron chi connectivity index (χ2n) is 11.4. The predicted molar refractivity (Wildman–Crippen MR) is 192 cm³/mol. The lowest BCUT2D eigenvalue weighted by molar-refractivity contribution is 0.0432. The quantitative estimate of drug-likeness (QED) is 0.156. The number of allylic oxidation sites excluding steroid dienone is 1. The highest BCUT2D eigenvalue weighted by Gasteiger charge is 2.42. The van der Waals surface area contributed by atoms with Crippen LogP contribution in [-0.2, 0) is 20.6 Å². The molecule has 0 amide bonds. The van der Waals surface area contributed by atoms with Gasteiger partial charge in [-0.3, -0.25) is 0 Å². The molecular weight excluding hydrogens is 564 g/mol. The first-order valence-electron chi connectivity index (χ1n) is 17.5. The van der Waals surface area contributed by atoms with Gasteiger partial charge in [0.05, 0.1) is 25.4 Å². The number of aliphatic hydroxyl groups excluding tert-OH is 2. The van der Waals surface area contributed by atoms with E-state index in [2.05, 4.69) is 57.5 Å². The molecule has 1 atom stereocenters. The number of pyridine rings is 1. The molecule has 0 radical (unpaired) electrons. The van der Waals surface area contributed by atoms with Crippen LogP contribution in [0.3, 0.4) is 0 Å². The van der Waals surface area contributed by atoms with E-state index >= 15 is 0 Å². The fourth-order valence-electron chi connectivity index (χ4n) is 3.88. The van der Waals surface area contributed by atoms with Crippen LogP contribution in [0.5, 0.6) is 0 Å². The monoisotopic (exact) mass is 637 g/mol. The van der Waals surface area contributed by atoms with Crippen molar-refractivity contribution >= 4 is 0 Å². The molecule has 0 spiro atoms. The average Bonchev–Trinajstić information content (AvgIpc) is 3.82. The predicted octanol–water partition coefficient (Wildman–Crippen LogP) is 8.45. The first kappa shape index (κ1) is 47.3. The number of methoxy groups -OCH3 is 1. The Labute approximate surface area is 278 Å². The van der Waals surface area contributed by atoms with Crippen molar-refractivity contribution in [3.05, 3.63) is 41.5 Å². The summed E-state index contributed by atoms with van der Waals surface area (Å²) in [6, 6.07) is 4.01. The minimum atomic E-state index is -0.342. The van der Waals surface area contributed by atoms with Crippen LogP contribution >= 0.6 is 0 Å². The van der Waals surface area contributed by atoms with E-state index in [4.69, 9.17) is 25.1 Å². The number of aliphatic hydroxyl groups is 2. The third kappa shape index (κ3) is 27.9. The first-order valence-corrected chi connectivity index (χ1v) is 17.5. The van der Waals surface area contributed by atoms with Gasteiger partial charge in [-0.05, 0) is 88.2 Å². The maximum Gasteiger partial charge on any atom is 0.129 e. The van der Waals surface area contributed by atoms with Crippen molar-refractivity contribution in [2.24, 2.45) is 17.6 Å². The molecule has 0 aliphatic heterocycles. The van der Waals surface area contributed by atoms with Gasteiger partial charge >= 0.3 is 0 Å². The van der Waals surface area contributed by atoms with Gasteiger partial charge in [-0.2, -0.15) is 0 Å². The largest absolute Gasteiger partial charge is 0.494 e. The molecule has 45 heavy (non-hydrogen) atoms. The van der Waals surface area contributed by atoms with Crippen LogP contribution in [0.1, 0.15) is 139 Å². The summed E-state index contributed by atoms with van der Waals surface area (Å²) in [7, 11) is 1.71. The maximum absolute atomic E-state index is 9.29. The van der Waals surface area contributed by atoms with Crippen LogP contribution in [0, 0.1) is 23.7 Å². The fraction of sp³-hybridized carbons (Fsp3) is 0.763. The van der Waals surface area contributed by atoms with Gasteiger partial charge in [-0.1, -0.05) is 87.1 Å². The molecule has 0 bridgehead atoms. The molecular formula is C38H72N2O5. The molecule has 4 N–H and O–H groups in total.